The molecule has 0 bridgehead atoms. The standard InChI is InChI=1S/C69H106ClF3N12O13/c1-13-35-98-42-53-63(93)78(7)39-54(86)74-49(29-27-45-26-28-47(48(70)37-45)69(71,72)73)62(92)85-34-22-25-50(85)61(91)76-68(30-18-19-31-68)67(97)83(12)59(46-23-16-15-17-24-46)66(96)82(11)52(64(94)84-32-20-21-33-84)38-55(87)80(9)51(36-43(3)4)60(90)75-58(44(5)14-2)65(95)79(8)40-56(88)77(6)41-57(89)81(53)10/h26,28,37,43-44,46,49-53,58-59H,13-25,27,29-36,38-42H2,1-12H3,(H,74,86)(H,75,90)(H,76,91)/t44-,49-,50-,51-,52-,53-,58-,59-/m0/s1. The number of carbonyl (C=O) groups excluding carboxylic acids is 12. The first-order valence-electron chi connectivity index (χ1n) is 34.9. The number of hydrogen-bond acceptors (Lipinski definition) is 13. The Morgan fingerprint density at radius 3 is 1.89 bits per heavy atom. The van der Waals surface area contributed by atoms with E-state index in [0.29, 0.717) is 70.9 Å². The lowest BCUT2D eigenvalue weighted by Crippen LogP contribution is -2.65. The summed E-state index contributed by atoms with van der Waals surface area (Å²) in [5.41, 5.74) is -2.37. The van der Waals surface area contributed by atoms with Crippen molar-refractivity contribution >= 4 is 82.5 Å². The number of ether oxygens (including phenoxy) is 1. The Balaban J connectivity index is 1.43. The van der Waals surface area contributed by atoms with Crippen molar-refractivity contribution in [3.8, 4) is 0 Å². The molecule has 3 saturated heterocycles. The number of alkyl halides is 3. The number of carbonyl (C=O) groups is 12. The summed E-state index contributed by atoms with van der Waals surface area (Å²) >= 11 is 6.13. The van der Waals surface area contributed by atoms with Crippen molar-refractivity contribution in [1.29, 1.82) is 0 Å². The van der Waals surface area contributed by atoms with Gasteiger partial charge in [0.15, 0.2) is 0 Å². The van der Waals surface area contributed by atoms with Gasteiger partial charge in [-0.15, -0.1) is 0 Å². The van der Waals surface area contributed by atoms with Crippen molar-refractivity contribution in [2.45, 2.75) is 211 Å². The van der Waals surface area contributed by atoms with E-state index in [4.69, 9.17) is 16.3 Å². The minimum Gasteiger partial charge on any atom is -0.379 e. The van der Waals surface area contributed by atoms with Crippen LogP contribution in [-0.4, -0.2) is 265 Å². The fourth-order valence-corrected chi connectivity index (χ4v) is 14.5. The molecule has 2 aliphatic carbocycles. The maximum Gasteiger partial charge on any atom is 0.417 e. The molecule has 25 nitrogen and oxygen atoms in total. The zero-order valence-electron chi connectivity index (χ0n) is 59.4. The van der Waals surface area contributed by atoms with Gasteiger partial charge < -0.3 is 64.8 Å². The normalized spacial score (nSPS) is 26.0. The molecule has 3 aliphatic heterocycles. The summed E-state index contributed by atoms with van der Waals surface area (Å²) in [7, 11) is 9.70. The minimum absolute atomic E-state index is 0.0224. The van der Waals surface area contributed by atoms with E-state index in [1.807, 2.05) is 27.7 Å². The van der Waals surface area contributed by atoms with Crippen molar-refractivity contribution < 1.29 is 75.4 Å². The lowest BCUT2D eigenvalue weighted by molar-refractivity contribution is -0.156. The first-order valence-corrected chi connectivity index (χ1v) is 35.3. The second-order valence-corrected chi connectivity index (χ2v) is 28.6. The van der Waals surface area contributed by atoms with Crippen molar-refractivity contribution in [3.63, 3.8) is 0 Å². The SMILES string of the molecule is CCCOC[C@H]1C(=O)N(C)CC(=O)N[C@@H](CCc2ccc(C(F)(F)F)c(Cl)c2)C(=O)N2CCC[C@H]2C(=O)NC2(CCCC2)C(=O)N(C)[C@@H](C2CCCCC2)C(=O)N(C)[C@H](C(=O)N2CCCC2)CC(=O)N(C)[C@@H](CC(C)C)C(=O)N[C@@H]([C@@H](C)CC)C(=O)N(C)CC(=O)N(C)CC(=O)N1C. The van der Waals surface area contributed by atoms with Crippen LogP contribution in [0.1, 0.15) is 161 Å². The summed E-state index contributed by atoms with van der Waals surface area (Å²) in [5, 5.41) is 8.06. The van der Waals surface area contributed by atoms with Gasteiger partial charge in [-0.25, -0.2) is 0 Å². The van der Waals surface area contributed by atoms with Gasteiger partial charge in [-0.3, -0.25) is 57.5 Å². The average Bonchev–Trinajstić information content (AvgIpc) is 1.37. The molecule has 8 atom stereocenters. The first-order chi connectivity index (χ1) is 46.2. The molecule has 29 heteroatoms. The van der Waals surface area contributed by atoms with E-state index < -0.39 is 173 Å². The zero-order chi connectivity index (χ0) is 72.7. The molecular formula is C69H106ClF3N12O13. The Kier molecular flexibility index (Phi) is 29.2. The molecule has 3 N–H and O–H groups in total. The number of benzene rings is 1. The molecule has 3 heterocycles. The Morgan fingerprint density at radius 2 is 1.29 bits per heavy atom. The highest BCUT2D eigenvalue weighted by Gasteiger charge is 2.51. The number of hydrogen-bond donors (Lipinski definition) is 3. The van der Waals surface area contributed by atoms with E-state index in [0.717, 1.165) is 51.0 Å². The highest BCUT2D eigenvalue weighted by molar-refractivity contribution is 6.31. The number of amides is 12. The quantitative estimate of drug-likeness (QED) is 0.230. The molecule has 0 aromatic heterocycles. The van der Waals surface area contributed by atoms with Crippen molar-refractivity contribution in [2.75, 3.05) is 102 Å². The van der Waals surface area contributed by atoms with Gasteiger partial charge in [-0.2, -0.15) is 13.2 Å². The molecule has 1 spiro atoms. The second-order valence-electron chi connectivity index (χ2n) is 28.2. The van der Waals surface area contributed by atoms with Gasteiger partial charge in [0.05, 0.1) is 43.2 Å². The van der Waals surface area contributed by atoms with Gasteiger partial charge in [0.1, 0.15) is 47.8 Å². The molecule has 0 unspecified atom stereocenters. The van der Waals surface area contributed by atoms with Crippen molar-refractivity contribution in [3.05, 3.63) is 34.3 Å². The van der Waals surface area contributed by atoms with Crippen molar-refractivity contribution in [1.82, 2.24) is 60.0 Å². The van der Waals surface area contributed by atoms with Crippen LogP contribution in [0.15, 0.2) is 18.2 Å². The number of fused-ring (bicyclic) bond motifs is 1. The molecule has 1 aromatic carbocycles. The topological polar surface area (TPSA) is 279 Å². The zero-order valence-corrected chi connectivity index (χ0v) is 60.2. The Labute approximate surface area is 580 Å². The van der Waals surface area contributed by atoms with Crippen LogP contribution in [0.2, 0.25) is 5.02 Å². The number of nitrogens with zero attached hydrogens (tertiary/aromatic N) is 9. The van der Waals surface area contributed by atoms with Crippen LogP contribution in [0.25, 0.3) is 0 Å². The predicted molar refractivity (Wildman–Crippen MR) is 359 cm³/mol. The van der Waals surface area contributed by atoms with Gasteiger partial charge in [-0.05, 0) is 112 Å². The molecule has 5 aliphatic rings. The van der Waals surface area contributed by atoms with Crippen LogP contribution in [0, 0.1) is 17.8 Å². The largest absolute Gasteiger partial charge is 0.417 e. The monoisotopic (exact) mass is 1400 g/mol. The van der Waals surface area contributed by atoms with E-state index in [-0.39, 0.29) is 69.8 Å². The number of likely N-dealkylation sites (tertiary alicyclic amines) is 1. The Bertz CT molecular complexity index is 3030. The van der Waals surface area contributed by atoms with Crippen LogP contribution in [0.3, 0.4) is 0 Å². The molecule has 98 heavy (non-hydrogen) atoms. The maximum absolute atomic E-state index is 15.7. The van der Waals surface area contributed by atoms with Crippen LogP contribution < -0.4 is 16.0 Å². The molecular weight excluding hydrogens is 1300 g/mol. The third-order valence-electron chi connectivity index (χ3n) is 20.4. The molecule has 12 amide bonds. The molecule has 1 aromatic rings. The van der Waals surface area contributed by atoms with Crippen molar-refractivity contribution in [2.24, 2.45) is 17.8 Å². The second kappa shape index (κ2) is 35.8. The maximum atomic E-state index is 15.7. The van der Waals surface area contributed by atoms with Crippen LogP contribution in [0.4, 0.5) is 13.2 Å². The Hall–Kier alpha value is -7.10. The fraction of sp³-hybridized carbons (Fsp3) is 0.739. The number of rotatable bonds is 13. The summed E-state index contributed by atoms with van der Waals surface area (Å²) in [5.74, 6) is -9.21. The molecule has 548 valence electrons. The van der Waals surface area contributed by atoms with Crippen LogP contribution in [-0.2, 0) is 74.9 Å². The predicted octanol–water partition coefficient (Wildman–Crippen LogP) is 4.49. The summed E-state index contributed by atoms with van der Waals surface area (Å²) in [6.45, 7) is 7.89. The lowest BCUT2D eigenvalue weighted by atomic mass is 9.81. The molecule has 2 saturated carbocycles. The summed E-state index contributed by atoms with van der Waals surface area (Å²) in [6.07, 6.45) is 2.03. The molecule has 5 fully saturated rings. The fourth-order valence-electron chi connectivity index (χ4n) is 14.2. The smallest absolute Gasteiger partial charge is 0.379 e. The van der Waals surface area contributed by atoms with Crippen LogP contribution >= 0.6 is 11.6 Å². The minimum atomic E-state index is -4.77. The van der Waals surface area contributed by atoms with E-state index in [1.165, 1.54) is 75.0 Å². The van der Waals surface area contributed by atoms with E-state index in [2.05, 4.69) is 16.0 Å². The Morgan fingerprint density at radius 1 is 0.663 bits per heavy atom. The number of nitrogens with one attached hydrogen (secondary N) is 3. The summed E-state index contributed by atoms with van der Waals surface area (Å²) in [6, 6.07) is -5.88. The summed E-state index contributed by atoms with van der Waals surface area (Å²) < 4.78 is 47.3. The molecule has 6 rings (SSSR count). The number of likely N-dealkylation sites (N-methyl/N-ethyl adjacent to an activating group) is 7. The van der Waals surface area contributed by atoms with Gasteiger partial charge in [-0.1, -0.05) is 90.8 Å². The first kappa shape index (κ1) is 79.9. The summed E-state index contributed by atoms with van der Waals surface area (Å²) in [4.78, 5) is 189. The average molecular weight is 1400 g/mol. The third kappa shape index (κ3) is 20.1. The lowest BCUT2D eigenvalue weighted by Gasteiger charge is -2.43. The van der Waals surface area contributed by atoms with Gasteiger partial charge in [0.25, 0.3) is 0 Å². The van der Waals surface area contributed by atoms with E-state index in [1.54, 1.807) is 11.8 Å². The highest BCUT2D eigenvalue weighted by Crippen LogP contribution is 2.38. The third-order valence-corrected chi connectivity index (χ3v) is 20.8. The number of aryl methyl sites for hydroxylation is 1. The van der Waals surface area contributed by atoms with Gasteiger partial charge in [0.2, 0.25) is 70.9 Å². The van der Waals surface area contributed by atoms with Crippen LogP contribution in [0.5, 0.6) is 0 Å². The van der Waals surface area contributed by atoms with Gasteiger partial charge >= 0.3 is 6.18 Å². The number of halogens is 4. The van der Waals surface area contributed by atoms with E-state index in [9.17, 15) is 46.7 Å². The van der Waals surface area contributed by atoms with Gasteiger partial charge in [0, 0.05) is 75.6 Å². The highest BCUT2D eigenvalue weighted by atomic mass is 35.5. The molecule has 0 radical (unpaired) electrons. The van der Waals surface area contributed by atoms with E-state index >= 15 is 24.0 Å².